The van der Waals surface area contributed by atoms with Gasteiger partial charge in [0.05, 0.1) is 6.26 Å². The van der Waals surface area contributed by atoms with Crippen LogP contribution in [0.4, 0.5) is 0 Å². The van der Waals surface area contributed by atoms with Gasteiger partial charge in [-0.15, -0.1) is 0 Å². The molecule has 2 fully saturated rings. The highest BCUT2D eigenvalue weighted by Crippen LogP contribution is 2.54. The summed E-state index contributed by atoms with van der Waals surface area (Å²) in [6, 6.07) is 0. The molecule has 0 saturated heterocycles. The van der Waals surface area contributed by atoms with Crippen LogP contribution in [-0.2, 0) is 4.74 Å². The van der Waals surface area contributed by atoms with Crippen molar-refractivity contribution in [1.82, 2.24) is 0 Å². The molecule has 0 radical (unpaired) electrons. The maximum Gasteiger partial charge on any atom is 0.103 e. The van der Waals surface area contributed by atoms with Gasteiger partial charge >= 0.3 is 0 Å². The highest BCUT2D eigenvalue weighted by molar-refractivity contribution is 5.02. The zero-order valence-corrected chi connectivity index (χ0v) is 9.51. The molecule has 0 aromatic carbocycles. The highest BCUT2D eigenvalue weighted by atomic mass is 16.5. The van der Waals surface area contributed by atoms with Crippen molar-refractivity contribution in [2.45, 2.75) is 64.9 Å². The van der Waals surface area contributed by atoms with Crippen molar-refractivity contribution in [2.24, 2.45) is 5.41 Å². The summed E-state index contributed by atoms with van der Waals surface area (Å²) in [7, 11) is 0. The second-order valence-corrected chi connectivity index (χ2v) is 5.05. The van der Waals surface area contributed by atoms with Crippen molar-refractivity contribution in [1.29, 1.82) is 0 Å². The summed E-state index contributed by atoms with van der Waals surface area (Å²) in [5.41, 5.74) is 1.97. The van der Waals surface area contributed by atoms with Crippen LogP contribution in [0, 0.1) is 5.41 Å². The highest BCUT2D eigenvalue weighted by Gasteiger charge is 2.49. The number of allylic oxidation sites excluding steroid dienone is 1. The van der Waals surface area contributed by atoms with Gasteiger partial charge in [-0.25, -0.2) is 0 Å². The average molecular weight is 194 g/mol. The molecule has 2 rings (SSSR count). The van der Waals surface area contributed by atoms with Gasteiger partial charge in [0.25, 0.3) is 0 Å². The minimum atomic E-state index is 0.548. The second-order valence-electron chi connectivity index (χ2n) is 5.05. The fraction of sp³-hybridized carbons (Fsp3) is 0.846. The summed E-state index contributed by atoms with van der Waals surface area (Å²) < 4.78 is 5.91. The smallest absolute Gasteiger partial charge is 0.103 e. The van der Waals surface area contributed by atoms with E-state index < -0.39 is 0 Å². The monoisotopic (exact) mass is 194 g/mol. The summed E-state index contributed by atoms with van der Waals surface area (Å²) in [5, 5.41) is 0. The fourth-order valence-electron chi connectivity index (χ4n) is 2.82. The van der Waals surface area contributed by atoms with E-state index in [2.05, 4.69) is 13.8 Å². The van der Waals surface area contributed by atoms with Crippen LogP contribution >= 0.6 is 0 Å². The van der Waals surface area contributed by atoms with E-state index in [1.54, 1.807) is 0 Å². The van der Waals surface area contributed by atoms with E-state index in [4.69, 9.17) is 4.74 Å². The lowest BCUT2D eigenvalue weighted by Gasteiger charge is -2.46. The topological polar surface area (TPSA) is 9.23 Å². The first-order valence-electron chi connectivity index (χ1n) is 6.08. The Bertz CT molecular complexity index is 223. The van der Waals surface area contributed by atoms with Gasteiger partial charge in [-0.1, -0.05) is 19.8 Å². The first-order valence-corrected chi connectivity index (χ1v) is 6.08. The standard InChI is InChI=1S/C13H22O/c1-3-11(2)10-14-12-6-9-13(12)7-4-5-8-13/h10,12H,3-9H2,1-2H3/b11-10+. The lowest BCUT2D eigenvalue weighted by molar-refractivity contribution is -0.0690. The minimum absolute atomic E-state index is 0.548. The molecule has 0 N–H and O–H groups in total. The Morgan fingerprint density at radius 1 is 1.36 bits per heavy atom. The van der Waals surface area contributed by atoms with E-state index in [1.807, 2.05) is 6.26 Å². The van der Waals surface area contributed by atoms with Crippen LogP contribution in [0.1, 0.15) is 58.8 Å². The number of ether oxygens (including phenoxy) is 1. The lowest BCUT2D eigenvalue weighted by atomic mass is 9.65. The SMILES string of the molecule is CC/C(C)=C/OC1CCC12CCCC2. The normalized spacial score (nSPS) is 30.4. The van der Waals surface area contributed by atoms with Crippen molar-refractivity contribution in [3.63, 3.8) is 0 Å². The Morgan fingerprint density at radius 3 is 2.57 bits per heavy atom. The molecule has 80 valence electrons. The molecule has 1 spiro atoms. The molecule has 1 heteroatoms. The summed E-state index contributed by atoms with van der Waals surface area (Å²) in [5.74, 6) is 0. The molecular weight excluding hydrogens is 172 g/mol. The Kier molecular flexibility index (Phi) is 2.85. The molecule has 2 aliphatic rings. The molecule has 2 aliphatic carbocycles. The zero-order chi connectivity index (χ0) is 10.0. The van der Waals surface area contributed by atoms with Crippen LogP contribution in [0.15, 0.2) is 11.8 Å². The Labute approximate surface area is 87.5 Å². The van der Waals surface area contributed by atoms with Crippen LogP contribution in [0.25, 0.3) is 0 Å². The first kappa shape index (κ1) is 10.1. The molecular formula is C13H22O. The first-order chi connectivity index (χ1) is 6.77. The van der Waals surface area contributed by atoms with Crippen molar-refractivity contribution < 1.29 is 4.74 Å². The molecule has 0 heterocycles. The molecule has 1 atom stereocenters. The van der Waals surface area contributed by atoms with Gasteiger partial charge in [0.1, 0.15) is 6.10 Å². The van der Waals surface area contributed by atoms with Gasteiger partial charge in [0.2, 0.25) is 0 Å². The minimum Gasteiger partial charge on any atom is -0.498 e. The quantitative estimate of drug-likeness (QED) is 0.616. The van der Waals surface area contributed by atoms with Gasteiger partial charge in [0, 0.05) is 5.41 Å². The maximum atomic E-state index is 5.91. The molecule has 1 unspecified atom stereocenters. The van der Waals surface area contributed by atoms with Gasteiger partial charge < -0.3 is 4.74 Å². The van der Waals surface area contributed by atoms with Crippen LogP contribution in [0.2, 0.25) is 0 Å². The van der Waals surface area contributed by atoms with E-state index in [-0.39, 0.29) is 0 Å². The van der Waals surface area contributed by atoms with E-state index >= 15 is 0 Å². The lowest BCUT2D eigenvalue weighted by Crippen LogP contribution is -2.43. The Balaban J connectivity index is 1.87. The number of hydrogen-bond donors (Lipinski definition) is 0. The fourth-order valence-corrected chi connectivity index (χ4v) is 2.82. The molecule has 0 bridgehead atoms. The van der Waals surface area contributed by atoms with E-state index in [0.29, 0.717) is 11.5 Å². The maximum absolute atomic E-state index is 5.91. The predicted octanol–water partition coefficient (Wildman–Crippen LogP) is 4.04. The number of hydrogen-bond acceptors (Lipinski definition) is 1. The van der Waals surface area contributed by atoms with Crippen molar-refractivity contribution >= 4 is 0 Å². The molecule has 0 aromatic rings. The Morgan fingerprint density at radius 2 is 2.07 bits per heavy atom. The summed E-state index contributed by atoms with van der Waals surface area (Å²) in [6.07, 6.45) is 12.0. The molecule has 14 heavy (non-hydrogen) atoms. The van der Waals surface area contributed by atoms with Gasteiger partial charge in [-0.2, -0.15) is 0 Å². The third-order valence-electron chi connectivity index (χ3n) is 4.18. The van der Waals surface area contributed by atoms with Crippen LogP contribution in [0.3, 0.4) is 0 Å². The predicted molar refractivity (Wildman–Crippen MR) is 59.1 cm³/mol. The zero-order valence-electron chi connectivity index (χ0n) is 9.51. The van der Waals surface area contributed by atoms with Crippen LogP contribution < -0.4 is 0 Å². The molecule has 0 aliphatic heterocycles. The van der Waals surface area contributed by atoms with E-state index in [1.165, 1.54) is 44.1 Å². The van der Waals surface area contributed by atoms with Gasteiger partial charge in [-0.3, -0.25) is 0 Å². The van der Waals surface area contributed by atoms with Gasteiger partial charge in [0.15, 0.2) is 0 Å². The van der Waals surface area contributed by atoms with Crippen LogP contribution in [-0.4, -0.2) is 6.10 Å². The molecule has 0 aromatic heterocycles. The van der Waals surface area contributed by atoms with Gasteiger partial charge in [-0.05, 0) is 44.6 Å². The van der Waals surface area contributed by atoms with E-state index in [9.17, 15) is 0 Å². The third-order valence-corrected chi connectivity index (χ3v) is 4.18. The van der Waals surface area contributed by atoms with Crippen molar-refractivity contribution in [3.05, 3.63) is 11.8 Å². The Hall–Kier alpha value is -0.460. The molecule has 2 saturated carbocycles. The molecule has 0 amide bonds. The van der Waals surface area contributed by atoms with Crippen LogP contribution in [0.5, 0.6) is 0 Å². The number of rotatable bonds is 3. The summed E-state index contributed by atoms with van der Waals surface area (Å²) in [6.45, 7) is 4.33. The molecule has 1 nitrogen and oxygen atoms in total. The third kappa shape index (κ3) is 1.69. The van der Waals surface area contributed by atoms with Crippen molar-refractivity contribution in [3.8, 4) is 0 Å². The largest absolute Gasteiger partial charge is 0.498 e. The van der Waals surface area contributed by atoms with Crippen molar-refractivity contribution in [2.75, 3.05) is 0 Å². The average Bonchev–Trinajstić information content (AvgIpc) is 2.67. The second kappa shape index (κ2) is 3.96. The summed E-state index contributed by atoms with van der Waals surface area (Å²) >= 11 is 0. The van der Waals surface area contributed by atoms with E-state index in [0.717, 1.165) is 6.42 Å². The summed E-state index contributed by atoms with van der Waals surface area (Å²) in [4.78, 5) is 0.